The standard InChI is InChI=1S/C21H24N2O6/c1-28-18-11-15(20(26)23-17(13-24)21(27)29-2)8-9-16(18)12-22-19(25)10-14-6-4-3-5-7-14/h3-9,11,17,24H,10,12-13H2,1-2H3,(H,22,25)(H,23,26). The number of aliphatic hydroxyl groups is 1. The molecule has 2 aromatic carbocycles. The van der Waals surface area contributed by atoms with Gasteiger partial charge in [0.05, 0.1) is 27.2 Å². The van der Waals surface area contributed by atoms with E-state index in [1.807, 2.05) is 30.3 Å². The van der Waals surface area contributed by atoms with Crippen LogP contribution in [0.25, 0.3) is 0 Å². The zero-order valence-corrected chi connectivity index (χ0v) is 16.3. The molecular formula is C21H24N2O6. The van der Waals surface area contributed by atoms with Crippen molar-refractivity contribution in [3.63, 3.8) is 0 Å². The molecule has 8 heteroatoms. The summed E-state index contributed by atoms with van der Waals surface area (Å²) in [6.07, 6.45) is 0.264. The molecule has 0 bridgehead atoms. The normalized spacial score (nSPS) is 11.3. The molecule has 0 aromatic heterocycles. The Labute approximate surface area is 168 Å². The smallest absolute Gasteiger partial charge is 0.330 e. The predicted octanol–water partition coefficient (Wildman–Crippen LogP) is 0.818. The maximum atomic E-state index is 12.3. The van der Waals surface area contributed by atoms with Gasteiger partial charge in [0, 0.05) is 17.7 Å². The van der Waals surface area contributed by atoms with Crippen LogP contribution in [-0.2, 0) is 27.3 Å². The van der Waals surface area contributed by atoms with Crippen molar-refractivity contribution in [2.24, 2.45) is 0 Å². The molecule has 2 aromatic rings. The molecule has 0 heterocycles. The molecule has 154 valence electrons. The third-order valence-electron chi connectivity index (χ3n) is 4.21. The molecule has 0 saturated heterocycles. The third kappa shape index (κ3) is 6.32. The van der Waals surface area contributed by atoms with Crippen molar-refractivity contribution in [2.75, 3.05) is 20.8 Å². The number of methoxy groups -OCH3 is 2. The number of ether oxygens (including phenoxy) is 2. The molecule has 29 heavy (non-hydrogen) atoms. The van der Waals surface area contributed by atoms with E-state index in [-0.39, 0.29) is 24.4 Å². The highest BCUT2D eigenvalue weighted by atomic mass is 16.5. The topological polar surface area (TPSA) is 114 Å². The fourth-order valence-corrected chi connectivity index (χ4v) is 2.63. The van der Waals surface area contributed by atoms with Crippen LogP contribution in [0, 0.1) is 0 Å². The zero-order valence-electron chi connectivity index (χ0n) is 16.3. The van der Waals surface area contributed by atoms with Gasteiger partial charge in [-0.2, -0.15) is 0 Å². The Kier molecular flexibility index (Phi) is 8.17. The number of aliphatic hydroxyl groups excluding tert-OH is 1. The van der Waals surface area contributed by atoms with E-state index in [0.717, 1.165) is 5.56 Å². The van der Waals surface area contributed by atoms with Crippen LogP contribution in [-0.4, -0.2) is 49.8 Å². The summed E-state index contributed by atoms with van der Waals surface area (Å²) in [5, 5.41) is 14.4. The summed E-state index contributed by atoms with van der Waals surface area (Å²) in [4.78, 5) is 36.0. The first kappa shape index (κ1) is 21.9. The van der Waals surface area contributed by atoms with Gasteiger partial charge in [0.2, 0.25) is 5.91 Å². The average molecular weight is 400 g/mol. The lowest BCUT2D eigenvalue weighted by Crippen LogP contribution is -2.44. The maximum absolute atomic E-state index is 12.3. The van der Waals surface area contributed by atoms with Gasteiger partial charge >= 0.3 is 5.97 Å². The molecule has 0 aliphatic rings. The molecule has 3 N–H and O–H groups in total. The number of benzene rings is 2. The zero-order chi connectivity index (χ0) is 21.2. The largest absolute Gasteiger partial charge is 0.496 e. The molecule has 1 unspecified atom stereocenters. The predicted molar refractivity (Wildman–Crippen MR) is 105 cm³/mol. The first-order valence-corrected chi connectivity index (χ1v) is 8.95. The minimum atomic E-state index is -1.16. The van der Waals surface area contributed by atoms with Gasteiger partial charge in [0.25, 0.3) is 5.91 Å². The Morgan fingerprint density at radius 2 is 1.79 bits per heavy atom. The molecule has 8 nitrogen and oxygen atoms in total. The Balaban J connectivity index is 2.01. The van der Waals surface area contributed by atoms with Gasteiger partial charge in [0.15, 0.2) is 6.04 Å². The van der Waals surface area contributed by atoms with E-state index in [1.54, 1.807) is 12.1 Å². The average Bonchev–Trinajstić information content (AvgIpc) is 2.75. The fraction of sp³-hybridized carbons (Fsp3) is 0.286. The van der Waals surface area contributed by atoms with Gasteiger partial charge in [-0.25, -0.2) is 4.79 Å². The number of hydrogen-bond acceptors (Lipinski definition) is 6. The van der Waals surface area contributed by atoms with Crippen molar-refractivity contribution in [2.45, 2.75) is 19.0 Å². The number of amides is 2. The number of nitrogens with one attached hydrogen (secondary N) is 2. The van der Waals surface area contributed by atoms with Gasteiger partial charge in [0.1, 0.15) is 5.75 Å². The van der Waals surface area contributed by atoms with Gasteiger partial charge in [-0.1, -0.05) is 36.4 Å². The number of hydrogen-bond donors (Lipinski definition) is 3. The second-order valence-corrected chi connectivity index (χ2v) is 6.20. The third-order valence-corrected chi connectivity index (χ3v) is 4.21. The van der Waals surface area contributed by atoms with Crippen molar-refractivity contribution in [1.29, 1.82) is 0 Å². The van der Waals surface area contributed by atoms with Crippen LogP contribution in [0.3, 0.4) is 0 Å². The second-order valence-electron chi connectivity index (χ2n) is 6.20. The van der Waals surface area contributed by atoms with E-state index < -0.39 is 24.5 Å². The van der Waals surface area contributed by atoms with Crippen molar-refractivity contribution < 1.29 is 29.0 Å². The van der Waals surface area contributed by atoms with Crippen LogP contribution >= 0.6 is 0 Å². The minimum absolute atomic E-state index is 0.135. The van der Waals surface area contributed by atoms with E-state index >= 15 is 0 Å². The van der Waals surface area contributed by atoms with Crippen LogP contribution < -0.4 is 15.4 Å². The summed E-state index contributed by atoms with van der Waals surface area (Å²) in [7, 11) is 2.62. The monoisotopic (exact) mass is 400 g/mol. The summed E-state index contributed by atoms with van der Waals surface area (Å²) in [6, 6.07) is 12.9. The second kappa shape index (κ2) is 10.8. The van der Waals surface area contributed by atoms with Crippen molar-refractivity contribution in [3.05, 3.63) is 65.2 Å². The van der Waals surface area contributed by atoms with Gasteiger partial charge < -0.3 is 25.2 Å². The number of rotatable bonds is 9. The van der Waals surface area contributed by atoms with Gasteiger partial charge in [-0.05, 0) is 17.7 Å². The molecule has 1 atom stereocenters. The first-order chi connectivity index (χ1) is 14.0. The van der Waals surface area contributed by atoms with Crippen LogP contribution in [0.1, 0.15) is 21.5 Å². The van der Waals surface area contributed by atoms with Crippen LogP contribution in [0.15, 0.2) is 48.5 Å². The quantitative estimate of drug-likeness (QED) is 0.537. The lowest BCUT2D eigenvalue weighted by Gasteiger charge is -2.15. The van der Waals surface area contributed by atoms with E-state index in [0.29, 0.717) is 11.3 Å². The molecule has 2 rings (SSSR count). The lowest BCUT2D eigenvalue weighted by molar-refractivity contribution is -0.143. The molecule has 0 radical (unpaired) electrons. The number of carbonyl (C=O) groups excluding carboxylic acids is 3. The summed E-state index contributed by atoms with van der Waals surface area (Å²) in [5.41, 5.74) is 1.84. The summed E-state index contributed by atoms with van der Waals surface area (Å²) >= 11 is 0. The number of esters is 1. The number of carbonyl (C=O) groups is 3. The first-order valence-electron chi connectivity index (χ1n) is 8.95. The maximum Gasteiger partial charge on any atom is 0.330 e. The highest BCUT2D eigenvalue weighted by molar-refractivity contribution is 5.97. The van der Waals surface area contributed by atoms with E-state index in [2.05, 4.69) is 15.4 Å². The van der Waals surface area contributed by atoms with E-state index in [9.17, 15) is 19.5 Å². The van der Waals surface area contributed by atoms with Crippen molar-refractivity contribution in [1.82, 2.24) is 10.6 Å². The highest BCUT2D eigenvalue weighted by Crippen LogP contribution is 2.20. The van der Waals surface area contributed by atoms with Crippen molar-refractivity contribution in [3.8, 4) is 5.75 Å². The molecule has 0 aliphatic carbocycles. The SMILES string of the molecule is COC(=O)C(CO)NC(=O)c1ccc(CNC(=O)Cc2ccccc2)c(OC)c1. The van der Waals surface area contributed by atoms with Gasteiger partial charge in [-0.15, -0.1) is 0 Å². The fourth-order valence-electron chi connectivity index (χ4n) is 2.63. The lowest BCUT2D eigenvalue weighted by atomic mass is 10.1. The molecule has 0 aliphatic heterocycles. The highest BCUT2D eigenvalue weighted by Gasteiger charge is 2.21. The Morgan fingerprint density at radius 3 is 2.41 bits per heavy atom. The van der Waals surface area contributed by atoms with E-state index in [4.69, 9.17) is 4.74 Å². The van der Waals surface area contributed by atoms with Crippen molar-refractivity contribution >= 4 is 17.8 Å². The molecule has 0 saturated carbocycles. The molecular weight excluding hydrogens is 376 g/mol. The van der Waals surface area contributed by atoms with Crippen LogP contribution in [0.4, 0.5) is 0 Å². The van der Waals surface area contributed by atoms with Gasteiger partial charge in [-0.3, -0.25) is 9.59 Å². The summed E-state index contributed by atoms with van der Waals surface area (Å²) in [6.45, 7) is -0.348. The molecule has 0 fully saturated rings. The summed E-state index contributed by atoms with van der Waals surface area (Å²) in [5.74, 6) is -1.03. The minimum Gasteiger partial charge on any atom is -0.496 e. The molecule has 2 amide bonds. The Hall–Kier alpha value is -3.39. The Bertz CT molecular complexity index is 854. The molecule has 0 spiro atoms. The van der Waals surface area contributed by atoms with E-state index in [1.165, 1.54) is 20.3 Å². The summed E-state index contributed by atoms with van der Waals surface area (Å²) < 4.78 is 9.84. The van der Waals surface area contributed by atoms with Crippen LogP contribution in [0.2, 0.25) is 0 Å². The van der Waals surface area contributed by atoms with Crippen LogP contribution in [0.5, 0.6) is 5.75 Å². The Morgan fingerprint density at radius 1 is 1.07 bits per heavy atom.